The maximum atomic E-state index is 12.6. The molecule has 0 unspecified atom stereocenters. The van der Waals surface area contributed by atoms with Crippen LogP contribution in [0, 0.1) is 5.92 Å². The topological polar surface area (TPSA) is 71.3 Å². The maximum absolute atomic E-state index is 12.6. The molecule has 2 aliphatic rings. The summed E-state index contributed by atoms with van der Waals surface area (Å²) in [4.78, 5) is 32.0. The Labute approximate surface area is 123 Å². The van der Waals surface area contributed by atoms with Crippen LogP contribution in [0.1, 0.15) is 32.2 Å². The molecule has 0 saturated carbocycles. The van der Waals surface area contributed by atoms with E-state index in [1.54, 1.807) is 11.2 Å². The molecule has 0 spiro atoms. The minimum atomic E-state index is -0.174. The Morgan fingerprint density at radius 1 is 1.43 bits per heavy atom. The molecule has 114 valence electrons. The Bertz CT molecular complexity index is 515. The third-order valence-corrected chi connectivity index (χ3v) is 4.46. The van der Waals surface area contributed by atoms with Gasteiger partial charge in [0.2, 0.25) is 11.8 Å². The molecule has 0 radical (unpaired) electrons. The van der Waals surface area contributed by atoms with Crippen LogP contribution in [0.5, 0.6) is 0 Å². The Morgan fingerprint density at radius 2 is 2.29 bits per heavy atom. The summed E-state index contributed by atoms with van der Waals surface area (Å²) in [7, 11) is 0. The van der Waals surface area contributed by atoms with E-state index in [1.165, 1.54) is 6.33 Å². The van der Waals surface area contributed by atoms with Crippen molar-refractivity contribution in [3.8, 4) is 0 Å². The van der Waals surface area contributed by atoms with Gasteiger partial charge in [0.15, 0.2) is 0 Å². The highest BCUT2D eigenvalue weighted by atomic mass is 16.2. The van der Waals surface area contributed by atoms with Crippen LogP contribution in [-0.4, -0.2) is 62.6 Å². The van der Waals surface area contributed by atoms with E-state index in [1.807, 2.05) is 16.5 Å². The number of carbonyl (C=O) groups is 2. The van der Waals surface area contributed by atoms with Gasteiger partial charge in [-0.1, -0.05) is 0 Å². The summed E-state index contributed by atoms with van der Waals surface area (Å²) in [5.41, 5.74) is 0. The second kappa shape index (κ2) is 5.83. The van der Waals surface area contributed by atoms with Crippen molar-refractivity contribution in [3.63, 3.8) is 0 Å². The lowest BCUT2D eigenvalue weighted by molar-refractivity contribution is -0.137. The number of carbonyl (C=O) groups excluding carboxylic acids is 2. The summed E-state index contributed by atoms with van der Waals surface area (Å²) in [6.07, 6.45) is 5.56. The molecule has 2 amide bonds. The van der Waals surface area contributed by atoms with Gasteiger partial charge in [0, 0.05) is 32.6 Å². The van der Waals surface area contributed by atoms with Gasteiger partial charge in [-0.05, 0) is 19.8 Å². The van der Waals surface area contributed by atoms with E-state index in [0.717, 1.165) is 19.4 Å². The van der Waals surface area contributed by atoms with Crippen LogP contribution in [0.25, 0.3) is 0 Å². The third kappa shape index (κ3) is 2.77. The quantitative estimate of drug-likeness (QED) is 0.803. The molecule has 1 aromatic heterocycles. The molecule has 2 fully saturated rings. The van der Waals surface area contributed by atoms with E-state index in [0.29, 0.717) is 26.1 Å². The van der Waals surface area contributed by atoms with Gasteiger partial charge in [-0.2, -0.15) is 5.10 Å². The van der Waals surface area contributed by atoms with Crippen molar-refractivity contribution in [1.82, 2.24) is 24.6 Å². The highest BCUT2D eigenvalue weighted by molar-refractivity contribution is 5.89. The summed E-state index contributed by atoms with van der Waals surface area (Å²) < 4.78 is 1.83. The molecule has 3 heterocycles. The number of piperidine rings is 1. The monoisotopic (exact) mass is 291 g/mol. The van der Waals surface area contributed by atoms with E-state index in [-0.39, 0.29) is 23.8 Å². The fraction of sp³-hybridized carbons (Fsp3) is 0.714. The second-order valence-electron chi connectivity index (χ2n) is 5.79. The van der Waals surface area contributed by atoms with Gasteiger partial charge < -0.3 is 9.80 Å². The first kappa shape index (κ1) is 14.0. The van der Waals surface area contributed by atoms with Crippen LogP contribution in [-0.2, 0) is 9.59 Å². The average molecular weight is 291 g/mol. The third-order valence-electron chi connectivity index (χ3n) is 4.46. The van der Waals surface area contributed by atoms with Crippen LogP contribution in [0.15, 0.2) is 12.7 Å². The van der Waals surface area contributed by atoms with Crippen molar-refractivity contribution < 1.29 is 9.59 Å². The number of aromatic nitrogens is 3. The van der Waals surface area contributed by atoms with Crippen molar-refractivity contribution in [3.05, 3.63) is 12.7 Å². The number of amides is 2. The van der Waals surface area contributed by atoms with E-state index in [4.69, 9.17) is 0 Å². The lowest BCUT2D eigenvalue weighted by Gasteiger charge is -2.34. The van der Waals surface area contributed by atoms with E-state index in [9.17, 15) is 9.59 Å². The van der Waals surface area contributed by atoms with Gasteiger partial charge in [0.1, 0.15) is 12.7 Å². The zero-order valence-electron chi connectivity index (χ0n) is 12.3. The SMILES string of the molecule is CCN1C[C@@H](C(=O)N2CCC[C@H](n3cncn3)C2)CC1=O. The summed E-state index contributed by atoms with van der Waals surface area (Å²) in [5.74, 6) is 0.0387. The lowest BCUT2D eigenvalue weighted by atomic mass is 10.0. The summed E-state index contributed by atoms with van der Waals surface area (Å²) in [6, 6.07) is 0.199. The van der Waals surface area contributed by atoms with Gasteiger partial charge in [0.05, 0.1) is 12.0 Å². The minimum absolute atomic E-state index is 0.0979. The fourth-order valence-electron chi connectivity index (χ4n) is 3.28. The number of likely N-dealkylation sites (tertiary alicyclic amines) is 2. The zero-order chi connectivity index (χ0) is 14.8. The number of rotatable bonds is 3. The smallest absolute Gasteiger partial charge is 0.228 e. The second-order valence-corrected chi connectivity index (χ2v) is 5.79. The fourth-order valence-corrected chi connectivity index (χ4v) is 3.28. The Morgan fingerprint density at radius 3 is 2.95 bits per heavy atom. The van der Waals surface area contributed by atoms with Crippen LogP contribution in [0.3, 0.4) is 0 Å². The molecular weight excluding hydrogens is 270 g/mol. The van der Waals surface area contributed by atoms with E-state index in [2.05, 4.69) is 10.1 Å². The molecule has 0 N–H and O–H groups in total. The molecule has 0 aromatic carbocycles. The van der Waals surface area contributed by atoms with Crippen molar-refractivity contribution in [2.24, 2.45) is 5.92 Å². The van der Waals surface area contributed by atoms with Gasteiger partial charge in [-0.25, -0.2) is 9.67 Å². The molecule has 1 aromatic rings. The predicted molar refractivity (Wildman–Crippen MR) is 75.2 cm³/mol. The Kier molecular flexibility index (Phi) is 3.90. The molecule has 3 rings (SSSR count). The standard InChI is InChI=1S/C14H21N5O2/c1-2-17-7-11(6-13(17)20)14(21)18-5-3-4-12(8-18)19-10-15-9-16-19/h9-12H,2-8H2,1H3/t11-,12-/m0/s1. The van der Waals surface area contributed by atoms with Crippen molar-refractivity contribution in [2.75, 3.05) is 26.2 Å². The van der Waals surface area contributed by atoms with Gasteiger partial charge >= 0.3 is 0 Å². The first-order chi connectivity index (χ1) is 10.2. The van der Waals surface area contributed by atoms with Crippen LogP contribution in [0.2, 0.25) is 0 Å². The van der Waals surface area contributed by atoms with Crippen molar-refractivity contribution in [1.29, 1.82) is 0 Å². The highest BCUT2D eigenvalue weighted by Crippen LogP contribution is 2.25. The number of hydrogen-bond acceptors (Lipinski definition) is 4. The molecule has 0 bridgehead atoms. The number of nitrogens with zero attached hydrogens (tertiary/aromatic N) is 5. The molecule has 7 heteroatoms. The first-order valence-corrected chi connectivity index (χ1v) is 7.59. The van der Waals surface area contributed by atoms with E-state index < -0.39 is 0 Å². The molecule has 2 saturated heterocycles. The van der Waals surface area contributed by atoms with Crippen LogP contribution >= 0.6 is 0 Å². The van der Waals surface area contributed by atoms with Crippen LogP contribution < -0.4 is 0 Å². The first-order valence-electron chi connectivity index (χ1n) is 7.59. The summed E-state index contributed by atoms with van der Waals surface area (Å²) in [5, 5.41) is 4.17. The summed E-state index contributed by atoms with van der Waals surface area (Å²) in [6.45, 7) is 4.65. The largest absolute Gasteiger partial charge is 0.342 e. The molecule has 7 nitrogen and oxygen atoms in total. The lowest BCUT2D eigenvalue weighted by Crippen LogP contribution is -2.44. The average Bonchev–Trinajstić information content (AvgIpc) is 3.16. The summed E-state index contributed by atoms with van der Waals surface area (Å²) >= 11 is 0. The molecule has 0 aliphatic carbocycles. The Hall–Kier alpha value is -1.92. The highest BCUT2D eigenvalue weighted by Gasteiger charge is 2.37. The normalized spacial score (nSPS) is 26.4. The predicted octanol–water partition coefficient (Wildman–Crippen LogP) is 0.310. The maximum Gasteiger partial charge on any atom is 0.228 e. The van der Waals surface area contributed by atoms with Crippen molar-refractivity contribution >= 4 is 11.8 Å². The van der Waals surface area contributed by atoms with Gasteiger partial charge in [-0.3, -0.25) is 9.59 Å². The molecule has 2 atom stereocenters. The molecule has 2 aliphatic heterocycles. The van der Waals surface area contributed by atoms with E-state index >= 15 is 0 Å². The Balaban J connectivity index is 1.64. The van der Waals surface area contributed by atoms with Crippen LogP contribution in [0.4, 0.5) is 0 Å². The van der Waals surface area contributed by atoms with Gasteiger partial charge in [-0.15, -0.1) is 0 Å². The molecular formula is C14H21N5O2. The number of hydrogen-bond donors (Lipinski definition) is 0. The molecule has 21 heavy (non-hydrogen) atoms. The zero-order valence-corrected chi connectivity index (χ0v) is 12.3. The van der Waals surface area contributed by atoms with Gasteiger partial charge in [0.25, 0.3) is 0 Å². The minimum Gasteiger partial charge on any atom is -0.342 e. The van der Waals surface area contributed by atoms with Crippen molar-refractivity contribution in [2.45, 2.75) is 32.2 Å².